The number of aromatic nitrogens is 1. The lowest BCUT2D eigenvalue weighted by Crippen LogP contribution is -2.55. The minimum Gasteiger partial charge on any atom is -0.491 e. The van der Waals surface area contributed by atoms with Crippen LogP contribution in [0.15, 0.2) is 29.6 Å². The van der Waals surface area contributed by atoms with Crippen LogP contribution in [0.3, 0.4) is 0 Å². The number of thiazole rings is 1. The Hall–Kier alpha value is -2.90. The van der Waals surface area contributed by atoms with Crippen LogP contribution in [0.5, 0.6) is 5.75 Å². The summed E-state index contributed by atoms with van der Waals surface area (Å²) in [4.78, 5) is 46.9. The summed E-state index contributed by atoms with van der Waals surface area (Å²) in [6, 6.07) is 5.92. The highest BCUT2D eigenvalue weighted by atomic mass is 32.1. The van der Waals surface area contributed by atoms with E-state index in [0.29, 0.717) is 56.6 Å². The summed E-state index contributed by atoms with van der Waals surface area (Å²) >= 11 is 1.41. The van der Waals surface area contributed by atoms with Crippen molar-refractivity contribution in [2.75, 3.05) is 60.2 Å². The first kappa shape index (κ1) is 35.0. The lowest BCUT2D eigenvalue weighted by Gasteiger charge is -2.35. The number of likely N-dealkylation sites (tertiary alicyclic amines) is 1. The third-order valence-corrected chi connectivity index (χ3v) is 9.49. The number of nitrogens with zero attached hydrogens (tertiary/aromatic N) is 2. The molecular formula is C33H49N5O6S. The highest BCUT2D eigenvalue weighted by Crippen LogP contribution is 2.36. The number of benzene rings is 1. The fraction of sp³-hybridized carbons (Fsp3) is 0.636. The molecule has 1 aliphatic heterocycles. The molecule has 0 spiro atoms. The number of carbonyl (C=O) groups excluding carboxylic acids is 3. The highest BCUT2D eigenvalue weighted by Gasteiger charge is 2.40. The van der Waals surface area contributed by atoms with E-state index < -0.39 is 6.04 Å². The van der Waals surface area contributed by atoms with E-state index in [4.69, 9.17) is 19.2 Å². The van der Waals surface area contributed by atoms with Gasteiger partial charge in [-0.25, -0.2) is 4.98 Å². The summed E-state index contributed by atoms with van der Waals surface area (Å²) in [6.07, 6.45) is 6.79. The molecule has 1 aromatic heterocycles. The molecule has 3 atom stereocenters. The van der Waals surface area contributed by atoms with Crippen molar-refractivity contribution >= 4 is 28.9 Å². The number of ether oxygens (including phenoxy) is 3. The molecule has 1 aromatic carbocycles. The molecule has 1 saturated heterocycles. The number of hydrogen-bond acceptors (Lipinski definition) is 10. The molecule has 1 aliphatic carbocycles. The Morgan fingerprint density at radius 3 is 2.51 bits per heavy atom. The quantitative estimate of drug-likeness (QED) is 0.165. The number of likely N-dealkylation sites (N-methyl/N-ethyl adjacent to an activating group) is 2. The van der Waals surface area contributed by atoms with E-state index in [2.05, 4.69) is 16.0 Å². The number of hydrogen-bond donors (Lipinski definition) is 3. The Balaban J connectivity index is 1.36. The second-order valence-electron chi connectivity index (χ2n) is 11.7. The Bertz CT molecular complexity index is 1240. The fourth-order valence-corrected chi connectivity index (χ4v) is 6.80. The van der Waals surface area contributed by atoms with Crippen molar-refractivity contribution in [3.05, 3.63) is 45.9 Å². The Morgan fingerprint density at radius 2 is 1.76 bits per heavy atom. The molecule has 248 valence electrons. The van der Waals surface area contributed by atoms with Crippen molar-refractivity contribution in [1.29, 1.82) is 0 Å². The minimum atomic E-state index is -0.555. The number of carbonyl (C=O) groups is 3. The summed E-state index contributed by atoms with van der Waals surface area (Å²) in [7, 11) is 3.62. The molecule has 3 N–H and O–H groups in total. The van der Waals surface area contributed by atoms with Gasteiger partial charge in [-0.3, -0.25) is 14.4 Å². The van der Waals surface area contributed by atoms with Gasteiger partial charge in [0.05, 0.1) is 38.5 Å². The van der Waals surface area contributed by atoms with Gasteiger partial charge in [0.1, 0.15) is 29.1 Å². The van der Waals surface area contributed by atoms with Crippen LogP contribution in [0.2, 0.25) is 0 Å². The van der Waals surface area contributed by atoms with Crippen LogP contribution in [0, 0.1) is 5.92 Å². The maximum Gasteiger partial charge on any atom is 0.246 e. The summed E-state index contributed by atoms with van der Waals surface area (Å²) < 4.78 is 16.8. The summed E-state index contributed by atoms with van der Waals surface area (Å²) in [5, 5.41) is 11.6. The van der Waals surface area contributed by atoms with E-state index in [-0.39, 0.29) is 35.6 Å². The van der Waals surface area contributed by atoms with Gasteiger partial charge in [-0.15, -0.1) is 11.3 Å². The van der Waals surface area contributed by atoms with Crippen molar-refractivity contribution in [3.8, 4) is 5.75 Å². The Labute approximate surface area is 270 Å². The van der Waals surface area contributed by atoms with Gasteiger partial charge in [0, 0.05) is 24.0 Å². The molecule has 2 heterocycles. The van der Waals surface area contributed by atoms with Crippen molar-refractivity contribution in [2.45, 2.75) is 70.0 Å². The lowest BCUT2D eigenvalue weighted by atomic mass is 9.83. The summed E-state index contributed by atoms with van der Waals surface area (Å²) in [5.74, 6) is 0.309. The molecule has 4 rings (SSSR count). The normalized spacial score (nSPS) is 18.5. The van der Waals surface area contributed by atoms with Gasteiger partial charge in [-0.2, -0.15) is 0 Å². The number of nitrogens with one attached hydrogen (secondary N) is 3. The van der Waals surface area contributed by atoms with Crippen molar-refractivity contribution in [2.24, 2.45) is 5.92 Å². The first-order valence-corrected chi connectivity index (χ1v) is 17.1. The van der Waals surface area contributed by atoms with Crippen molar-refractivity contribution in [3.63, 3.8) is 0 Å². The Kier molecular flexibility index (Phi) is 14.2. The van der Waals surface area contributed by atoms with Gasteiger partial charge in [-0.05, 0) is 64.8 Å². The van der Waals surface area contributed by atoms with Crippen LogP contribution in [-0.4, -0.2) is 99.8 Å². The zero-order valence-corrected chi connectivity index (χ0v) is 27.7. The van der Waals surface area contributed by atoms with Gasteiger partial charge in [0.25, 0.3) is 0 Å². The van der Waals surface area contributed by atoms with Crippen molar-refractivity contribution in [1.82, 2.24) is 25.8 Å². The lowest BCUT2D eigenvalue weighted by molar-refractivity contribution is -0.139. The molecule has 2 aliphatic rings. The van der Waals surface area contributed by atoms with Crippen LogP contribution in [0.4, 0.5) is 0 Å². The Morgan fingerprint density at radius 1 is 1.00 bits per heavy atom. The van der Waals surface area contributed by atoms with Gasteiger partial charge in [0.2, 0.25) is 17.6 Å². The molecule has 1 saturated carbocycles. The van der Waals surface area contributed by atoms with Crippen molar-refractivity contribution < 1.29 is 28.6 Å². The molecule has 0 radical (unpaired) electrons. The second kappa shape index (κ2) is 18.3. The third-order valence-electron chi connectivity index (χ3n) is 8.55. The molecule has 11 nitrogen and oxygen atoms in total. The molecule has 12 heteroatoms. The van der Waals surface area contributed by atoms with Crippen LogP contribution in [-0.2, 0) is 19.1 Å². The van der Waals surface area contributed by atoms with Gasteiger partial charge in [-0.1, -0.05) is 31.4 Å². The summed E-state index contributed by atoms with van der Waals surface area (Å²) in [5.41, 5.74) is 0.842. The predicted molar refractivity (Wildman–Crippen MR) is 174 cm³/mol. The predicted octanol–water partition coefficient (Wildman–Crippen LogP) is 3.34. The topological polar surface area (TPSA) is 131 Å². The maximum atomic E-state index is 14.0. The molecular weight excluding hydrogens is 594 g/mol. The molecule has 2 fully saturated rings. The molecule has 2 aromatic rings. The maximum absolute atomic E-state index is 14.0. The van der Waals surface area contributed by atoms with Gasteiger partial charge < -0.3 is 35.1 Å². The minimum absolute atomic E-state index is 0.0423. The average Bonchev–Trinajstić information content (AvgIpc) is 3.76. The molecule has 0 bridgehead atoms. The number of ketones is 1. The van der Waals surface area contributed by atoms with Gasteiger partial charge in [0.15, 0.2) is 0 Å². The molecule has 0 unspecified atom stereocenters. The van der Waals surface area contributed by atoms with E-state index in [1.807, 2.05) is 18.0 Å². The van der Waals surface area contributed by atoms with E-state index in [1.54, 1.807) is 37.6 Å². The van der Waals surface area contributed by atoms with E-state index in [0.717, 1.165) is 56.5 Å². The first-order valence-electron chi connectivity index (χ1n) is 16.2. The van der Waals surface area contributed by atoms with E-state index >= 15 is 0 Å². The molecule has 45 heavy (non-hydrogen) atoms. The zero-order chi connectivity index (χ0) is 32.0. The zero-order valence-electron chi connectivity index (χ0n) is 26.8. The average molecular weight is 644 g/mol. The fourth-order valence-electron chi connectivity index (χ4n) is 5.86. The van der Waals surface area contributed by atoms with E-state index in [9.17, 15) is 14.4 Å². The third kappa shape index (κ3) is 10.0. The van der Waals surface area contributed by atoms with Crippen LogP contribution in [0.1, 0.15) is 79.0 Å². The van der Waals surface area contributed by atoms with Gasteiger partial charge >= 0.3 is 0 Å². The van der Waals surface area contributed by atoms with E-state index in [1.165, 1.54) is 11.3 Å². The van der Waals surface area contributed by atoms with Crippen LogP contribution in [0.25, 0.3) is 0 Å². The summed E-state index contributed by atoms with van der Waals surface area (Å²) in [6.45, 7) is 5.65. The second-order valence-corrected chi connectivity index (χ2v) is 12.6. The first-order chi connectivity index (χ1) is 21.9. The highest BCUT2D eigenvalue weighted by molar-refractivity contribution is 7.10. The largest absolute Gasteiger partial charge is 0.491 e. The SMILES string of the molecule is CNCCOCCOCCOc1cccc(C(=O)c2csc([C@@H]3CCCN3C(=O)[C@@H](NC(=O)[C@H](C)NC)C3CCCCC3)n2)c1. The monoisotopic (exact) mass is 643 g/mol. The smallest absolute Gasteiger partial charge is 0.246 e. The number of amides is 2. The number of rotatable bonds is 18. The van der Waals surface area contributed by atoms with Crippen LogP contribution < -0.4 is 20.7 Å². The molecule has 2 amide bonds. The van der Waals surface area contributed by atoms with Crippen LogP contribution >= 0.6 is 11.3 Å². The standard InChI is InChI=1S/C33H49N5O6S/c1-23(35-3)31(40)37-29(24-9-5-4-6-10-24)33(41)38-15-8-13-28(38)32-36-27(22-45-32)30(39)25-11-7-12-26(21-25)44-20-19-43-18-17-42-16-14-34-2/h7,11-12,21-24,28-29,34-35H,4-6,8-10,13-20H2,1-3H3,(H,37,40)/t23-,28-,29-/m0/s1.